The van der Waals surface area contributed by atoms with Gasteiger partial charge in [-0.3, -0.25) is 4.79 Å². The lowest BCUT2D eigenvalue weighted by atomic mass is 10.1. The molecule has 2 aliphatic rings. The number of hydrogen-bond donors (Lipinski definition) is 0. The van der Waals surface area contributed by atoms with E-state index in [4.69, 9.17) is 0 Å². The summed E-state index contributed by atoms with van der Waals surface area (Å²) >= 11 is 1.62. The van der Waals surface area contributed by atoms with Gasteiger partial charge in [-0.25, -0.2) is 0 Å². The van der Waals surface area contributed by atoms with Crippen molar-refractivity contribution in [2.24, 2.45) is 17.3 Å². The van der Waals surface area contributed by atoms with Crippen LogP contribution in [0.25, 0.3) is 0 Å². The van der Waals surface area contributed by atoms with Crippen LogP contribution in [0.3, 0.4) is 0 Å². The van der Waals surface area contributed by atoms with E-state index in [9.17, 15) is 4.79 Å². The molecule has 74 valence electrons. The lowest BCUT2D eigenvalue weighted by Crippen LogP contribution is -2.34. The van der Waals surface area contributed by atoms with Gasteiger partial charge in [0.15, 0.2) is 0 Å². The first-order valence-corrected chi connectivity index (χ1v) is 6.23. The summed E-state index contributed by atoms with van der Waals surface area (Å²) in [6.45, 7) is 6.66. The summed E-state index contributed by atoms with van der Waals surface area (Å²) in [7, 11) is 0. The van der Waals surface area contributed by atoms with Crippen LogP contribution in [-0.2, 0) is 4.79 Å². The molecule has 1 aliphatic heterocycles. The molecule has 0 bridgehead atoms. The standard InChI is InChI=1S/C10H17NOS/c1-10(2)7-4-11(5-8(7)10)9(12)6-13-3/h7-8H,4-6H2,1-3H3. The minimum absolute atomic E-state index is 0.329. The number of fused-ring (bicyclic) bond motifs is 1. The van der Waals surface area contributed by atoms with Crippen LogP contribution in [0.5, 0.6) is 0 Å². The van der Waals surface area contributed by atoms with Crippen molar-refractivity contribution in [1.29, 1.82) is 0 Å². The van der Waals surface area contributed by atoms with Crippen molar-refractivity contribution in [3.05, 3.63) is 0 Å². The quantitative estimate of drug-likeness (QED) is 0.671. The fraction of sp³-hybridized carbons (Fsp3) is 0.900. The van der Waals surface area contributed by atoms with Crippen molar-refractivity contribution in [3.8, 4) is 0 Å². The molecule has 13 heavy (non-hydrogen) atoms. The monoisotopic (exact) mass is 199 g/mol. The van der Waals surface area contributed by atoms with Crippen LogP contribution in [0.1, 0.15) is 13.8 Å². The Morgan fingerprint density at radius 3 is 2.46 bits per heavy atom. The van der Waals surface area contributed by atoms with E-state index in [1.807, 2.05) is 11.2 Å². The average molecular weight is 199 g/mol. The van der Waals surface area contributed by atoms with E-state index in [1.165, 1.54) is 0 Å². The van der Waals surface area contributed by atoms with Gasteiger partial charge in [0.25, 0.3) is 0 Å². The van der Waals surface area contributed by atoms with E-state index in [-0.39, 0.29) is 0 Å². The van der Waals surface area contributed by atoms with Crippen LogP contribution in [0.15, 0.2) is 0 Å². The van der Waals surface area contributed by atoms with E-state index in [0.717, 1.165) is 24.9 Å². The van der Waals surface area contributed by atoms with Gasteiger partial charge in [-0.2, -0.15) is 11.8 Å². The smallest absolute Gasteiger partial charge is 0.232 e. The van der Waals surface area contributed by atoms with Crippen molar-refractivity contribution in [2.75, 3.05) is 25.1 Å². The summed E-state index contributed by atoms with van der Waals surface area (Å²) in [4.78, 5) is 13.6. The molecular formula is C10H17NOS. The lowest BCUT2D eigenvalue weighted by molar-refractivity contribution is -0.128. The zero-order valence-electron chi connectivity index (χ0n) is 8.54. The number of likely N-dealkylation sites (tertiary alicyclic amines) is 1. The van der Waals surface area contributed by atoms with Crippen molar-refractivity contribution < 1.29 is 4.79 Å². The van der Waals surface area contributed by atoms with Crippen molar-refractivity contribution >= 4 is 17.7 Å². The minimum atomic E-state index is 0.329. The summed E-state index contributed by atoms with van der Waals surface area (Å²) in [5.41, 5.74) is 0.524. The SMILES string of the molecule is CSCC(=O)N1CC2C(C1)C2(C)C. The molecule has 3 heteroatoms. The van der Waals surface area contributed by atoms with E-state index < -0.39 is 0 Å². The maximum absolute atomic E-state index is 11.5. The third-order valence-electron chi connectivity index (χ3n) is 3.74. The van der Waals surface area contributed by atoms with Gasteiger partial charge in [0.2, 0.25) is 5.91 Å². The predicted molar refractivity (Wildman–Crippen MR) is 55.7 cm³/mol. The second kappa shape index (κ2) is 2.91. The molecule has 0 aromatic heterocycles. The van der Waals surface area contributed by atoms with E-state index in [0.29, 0.717) is 17.1 Å². The Morgan fingerprint density at radius 2 is 2.00 bits per heavy atom. The largest absolute Gasteiger partial charge is 0.341 e. The van der Waals surface area contributed by atoms with Gasteiger partial charge in [-0.1, -0.05) is 13.8 Å². The first kappa shape index (κ1) is 9.38. The molecule has 0 aromatic carbocycles. The molecular weight excluding hydrogens is 182 g/mol. The molecule has 0 spiro atoms. The number of carbonyl (C=O) groups excluding carboxylic acids is 1. The fourth-order valence-corrected chi connectivity index (χ4v) is 2.98. The summed E-state index contributed by atoms with van der Waals surface area (Å²) < 4.78 is 0. The van der Waals surface area contributed by atoms with Gasteiger partial charge >= 0.3 is 0 Å². The Bertz CT molecular complexity index is 225. The molecule has 0 aromatic rings. The van der Waals surface area contributed by atoms with Crippen molar-refractivity contribution in [1.82, 2.24) is 4.90 Å². The molecule has 2 rings (SSSR count). The zero-order chi connectivity index (χ0) is 9.64. The van der Waals surface area contributed by atoms with Gasteiger partial charge in [-0.05, 0) is 23.5 Å². The molecule has 1 heterocycles. The highest BCUT2D eigenvalue weighted by atomic mass is 32.2. The topological polar surface area (TPSA) is 20.3 Å². The molecule has 1 aliphatic carbocycles. The molecule has 0 radical (unpaired) electrons. The Morgan fingerprint density at radius 1 is 1.46 bits per heavy atom. The molecule has 2 fully saturated rings. The lowest BCUT2D eigenvalue weighted by Gasteiger charge is -2.21. The Balaban J connectivity index is 1.87. The van der Waals surface area contributed by atoms with Crippen molar-refractivity contribution in [2.45, 2.75) is 13.8 Å². The molecule has 2 nitrogen and oxygen atoms in total. The predicted octanol–water partition coefficient (Wildman–Crippen LogP) is 1.46. The Labute approximate surface area is 84.1 Å². The second-order valence-electron chi connectivity index (χ2n) is 4.77. The van der Waals surface area contributed by atoms with E-state index >= 15 is 0 Å². The summed E-state index contributed by atoms with van der Waals surface area (Å²) in [6, 6.07) is 0. The number of carbonyl (C=O) groups is 1. The average Bonchev–Trinajstić information content (AvgIpc) is 2.53. The Hall–Kier alpha value is -0.180. The fourth-order valence-electron chi connectivity index (χ4n) is 2.55. The van der Waals surface area contributed by atoms with Crippen LogP contribution >= 0.6 is 11.8 Å². The third kappa shape index (κ3) is 1.37. The summed E-state index contributed by atoms with van der Waals surface area (Å²) in [5, 5.41) is 0. The van der Waals surface area contributed by atoms with E-state index in [2.05, 4.69) is 13.8 Å². The highest BCUT2D eigenvalue weighted by Gasteiger charge is 2.62. The Kier molecular flexibility index (Phi) is 2.10. The normalized spacial score (nSPS) is 34.5. The van der Waals surface area contributed by atoms with Gasteiger partial charge in [0.05, 0.1) is 5.75 Å². The van der Waals surface area contributed by atoms with Crippen LogP contribution in [0.2, 0.25) is 0 Å². The van der Waals surface area contributed by atoms with Crippen LogP contribution in [0, 0.1) is 17.3 Å². The zero-order valence-corrected chi connectivity index (χ0v) is 9.36. The first-order valence-electron chi connectivity index (χ1n) is 4.84. The van der Waals surface area contributed by atoms with Crippen LogP contribution in [-0.4, -0.2) is 35.9 Å². The molecule has 0 N–H and O–H groups in total. The highest BCUT2D eigenvalue weighted by Crippen LogP contribution is 2.61. The molecule has 2 atom stereocenters. The molecule has 1 amide bonds. The minimum Gasteiger partial charge on any atom is -0.341 e. The van der Waals surface area contributed by atoms with Crippen molar-refractivity contribution in [3.63, 3.8) is 0 Å². The molecule has 2 unspecified atom stereocenters. The van der Waals surface area contributed by atoms with Gasteiger partial charge in [-0.15, -0.1) is 0 Å². The number of hydrogen-bond acceptors (Lipinski definition) is 2. The molecule has 1 saturated carbocycles. The van der Waals surface area contributed by atoms with Gasteiger partial charge < -0.3 is 4.90 Å². The van der Waals surface area contributed by atoms with Crippen LogP contribution in [0.4, 0.5) is 0 Å². The second-order valence-corrected chi connectivity index (χ2v) is 5.63. The number of piperidine rings is 1. The number of amides is 1. The highest BCUT2D eigenvalue weighted by molar-refractivity contribution is 7.99. The van der Waals surface area contributed by atoms with Gasteiger partial charge in [0, 0.05) is 13.1 Å². The summed E-state index contributed by atoms with van der Waals surface area (Å²) in [6.07, 6.45) is 1.98. The van der Waals surface area contributed by atoms with E-state index in [1.54, 1.807) is 11.8 Å². The maximum Gasteiger partial charge on any atom is 0.232 e. The number of thioether (sulfide) groups is 1. The number of rotatable bonds is 2. The van der Waals surface area contributed by atoms with Gasteiger partial charge in [0.1, 0.15) is 0 Å². The third-order valence-corrected chi connectivity index (χ3v) is 4.28. The first-order chi connectivity index (χ1) is 6.07. The maximum atomic E-state index is 11.5. The molecule has 1 saturated heterocycles. The number of nitrogens with zero attached hydrogens (tertiary/aromatic N) is 1. The van der Waals surface area contributed by atoms with Crippen LogP contribution < -0.4 is 0 Å². The summed E-state index contributed by atoms with van der Waals surface area (Å²) in [5.74, 6) is 2.56.